The maximum atomic E-state index is 11.9. The largest absolute Gasteiger partial charge is 0.497 e. The molecule has 0 bridgehead atoms. The Bertz CT molecular complexity index is 770. The van der Waals surface area contributed by atoms with Crippen LogP contribution < -0.4 is 9.64 Å². The Kier molecular flexibility index (Phi) is 2.90. The first-order valence-electron chi connectivity index (χ1n) is 5.80. The van der Waals surface area contributed by atoms with Crippen LogP contribution in [-0.4, -0.2) is 26.9 Å². The van der Waals surface area contributed by atoms with Gasteiger partial charge in [0.1, 0.15) is 17.0 Å². The van der Waals surface area contributed by atoms with Crippen LogP contribution in [0, 0.1) is 0 Å². The van der Waals surface area contributed by atoms with Crippen LogP contribution in [0.5, 0.6) is 5.75 Å². The summed E-state index contributed by atoms with van der Waals surface area (Å²) >= 11 is 0. The monoisotopic (exact) mass is 289 g/mol. The topological polar surface area (TPSA) is 71.9 Å². The van der Waals surface area contributed by atoms with Crippen molar-refractivity contribution >= 4 is 27.9 Å². The molecule has 0 saturated heterocycles. The van der Waals surface area contributed by atoms with Gasteiger partial charge in [-0.1, -0.05) is 0 Å². The van der Waals surface area contributed by atoms with Gasteiger partial charge in [0.25, 0.3) is 10.0 Å². The molecule has 1 aliphatic heterocycles. The highest BCUT2D eigenvalue weighted by molar-refractivity contribution is 7.90. The molecule has 1 aromatic carbocycles. The lowest BCUT2D eigenvalue weighted by Gasteiger charge is -2.23. The van der Waals surface area contributed by atoms with Crippen molar-refractivity contribution in [3.63, 3.8) is 0 Å². The van der Waals surface area contributed by atoms with E-state index >= 15 is 0 Å². The van der Waals surface area contributed by atoms with E-state index < -0.39 is 10.0 Å². The molecule has 7 heteroatoms. The Morgan fingerprint density at radius 2 is 1.90 bits per heavy atom. The number of anilines is 2. The van der Waals surface area contributed by atoms with Gasteiger partial charge >= 0.3 is 0 Å². The lowest BCUT2D eigenvalue weighted by Crippen LogP contribution is -2.23. The van der Waals surface area contributed by atoms with Crippen LogP contribution in [0.2, 0.25) is 0 Å². The van der Waals surface area contributed by atoms with Crippen molar-refractivity contribution in [2.45, 2.75) is 4.90 Å². The summed E-state index contributed by atoms with van der Waals surface area (Å²) in [6.45, 7) is 0. The van der Waals surface area contributed by atoms with Gasteiger partial charge in [-0.2, -0.15) is 8.42 Å². The number of pyridine rings is 1. The summed E-state index contributed by atoms with van der Waals surface area (Å²) in [6, 6.07) is 10.3. The molecule has 0 radical (unpaired) electrons. The van der Waals surface area contributed by atoms with Crippen molar-refractivity contribution in [1.29, 1.82) is 0 Å². The molecular weight excluding hydrogens is 278 g/mol. The minimum Gasteiger partial charge on any atom is -0.497 e. The molecule has 102 valence electrons. The minimum atomic E-state index is -3.66. The molecule has 0 atom stereocenters. The second-order valence-corrected chi connectivity index (χ2v) is 5.69. The molecule has 6 nitrogen and oxygen atoms in total. The highest BCUT2D eigenvalue weighted by Gasteiger charge is 2.26. The molecule has 3 rings (SSSR count). The van der Waals surface area contributed by atoms with Crippen LogP contribution in [0.3, 0.4) is 0 Å². The van der Waals surface area contributed by atoms with Crippen molar-refractivity contribution in [1.82, 2.24) is 4.98 Å². The number of sulfonamides is 1. The SMILES string of the molecule is COc1ccc(N2C=NS(=O)(=O)c3cccnc32)cc1. The van der Waals surface area contributed by atoms with Gasteiger partial charge in [0.05, 0.1) is 7.11 Å². The predicted molar refractivity (Wildman–Crippen MR) is 75.0 cm³/mol. The summed E-state index contributed by atoms with van der Waals surface area (Å²) in [5.74, 6) is 1.06. The quantitative estimate of drug-likeness (QED) is 0.845. The van der Waals surface area contributed by atoms with E-state index in [0.717, 1.165) is 11.4 Å². The maximum absolute atomic E-state index is 11.9. The lowest BCUT2D eigenvalue weighted by atomic mass is 10.2. The van der Waals surface area contributed by atoms with Crippen LogP contribution in [0.15, 0.2) is 51.9 Å². The molecule has 0 amide bonds. The van der Waals surface area contributed by atoms with Gasteiger partial charge < -0.3 is 4.74 Å². The standard InChI is InChI=1S/C13H11N3O3S/c1-19-11-6-4-10(5-7-11)16-9-15-20(17,18)12-3-2-8-14-13(12)16/h2-9H,1H3. The van der Waals surface area contributed by atoms with Gasteiger partial charge in [-0.05, 0) is 36.4 Å². The number of hydrogen-bond donors (Lipinski definition) is 0. The lowest BCUT2D eigenvalue weighted by molar-refractivity contribution is 0.415. The van der Waals surface area contributed by atoms with E-state index in [4.69, 9.17) is 4.74 Å². The number of benzene rings is 1. The third kappa shape index (κ3) is 2.01. The average molecular weight is 289 g/mol. The molecule has 1 aliphatic rings. The fourth-order valence-corrected chi connectivity index (χ4v) is 2.88. The fraction of sp³-hybridized carbons (Fsp3) is 0.0769. The van der Waals surface area contributed by atoms with Crippen molar-refractivity contribution < 1.29 is 13.2 Å². The molecule has 0 N–H and O–H groups in total. The van der Waals surface area contributed by atoms with E-state index in [0.29, 0.717) is 5.82 Å². The molecule has 20 heavy (non-hydrogen) atoms. The maximum Gasteiger partial charge on any atom is 0.287 e. The van der Waals surface area contributed by atoms with E-state index in [1.54, 1.807) is 48.5 Å². The zero-order valence-corrected chi connectivity index (χ0v) is 11.4. The highest BCUT2D eigenvalue weighted by Crippen LogP contribution is 2.32. The van der Waals surface area contributed by atoms with E-state index in [9.17, 15) is 8.42 Å². The Morgan fingerprint density at radius 1 is 1.15 bits per heavy atom. The van der Waals surface area contributed by atoms with Crippen LogP contribution in [0.1, 0.15) is 0 Å². The number of fused-ring (bicyclic) bond motifs is 1. The van der Waals surface area contributed by atoms with Gasteiger partial charge in [0.15, 0.2) is 5.82 Å². The van der Waals surface area contributed by atoms with Crippen LogP contribution in [0.4, 0.5) is 11.5 Å². The second-order valence-electron chi connectivity index (χ2n) is 4.09. The summed E-state index contributed by atoms with van der Waals surface area (Å²) in [6.07, 6.45) is 2.80. The molecule has 0 unspecified atom stereocenters. The number of methoxy groups -OCH3 is 1. The average Bonchev–Trinajstić information content (AvgIpc) is 2.48. The van der Waals surface area contributed by atoms with Gasteiger partial charge in [-0.25, -0.2) is 4.98 Å². The van der Waals surface area contributed by atoms with Crippen molar-refractivity contribution in [3.8, 4) is 5.75 Å². The minimum absolute atomic E-state index is 0.0957. The van der Waals surface area contributed by atoms with Crippen molar-refractivity contribution in [2.75, 3.05) is 12.0 Å². The van der Waals surface area contributed by atoms with Crippen molar-refractivity contribution in [3.05, 3.63) is 42.6 Å². The number of rotatable bonds is 2. The zero-order chi connectivity index (χ0) is 14.2. The first kappa shape index (κ1) is 12.6. The summed E-state index contributed by atoms with van der Waals surface area (Å²) in [5.41, 5.74) is 0.754. The second kappa shape index (κ2) is 4.61. The van der Waals surface area contributed by atoms with Gasteiger partial charge in [-0.15, -0.1) is 4.40 Å². The molecule has 0 spiro atoms. The number of ether oxygens (including phenoxy) is 1. The predicted octanol–water partition coefficient (Wildman–Crippen LogP) is 1.96. The number of nitrogens with zero attached hydrogens (tertiary/aromatic N) is 3. The fourth-order valence-electron chi connectivity index (χ4n) is 1.92. The molecule has 0 fully saturated rings. The summed E-state index contributed by atoms with van der Waals surface area (Å²) in [5, 5.41) is 0. The van der Waals surface area contributed by atoms with Crippen LogP contribution >= 0.6 is 0 Å². The Morgan fingerprint density at radius 3 is 2.60 bits per heavy atom. The molecule has 0 aliphatic carbocycles. The van der Waals surface area contributed by atoms with Crippen LogP contribution in [0.25, 0.3) is 0 Å². The summed E-state index contributed by atoms with van der Waals surface area (Å²) < 4.78 is 32.4. The first-order chi connectivity index (χ1) is 9.62. The molecule has 2 heterocycles. The summed E-state index contributed by atoms with van der Waals surface area (Å²) in [7, 11) is -2.07. The third-order valence-corrected chi connectivity index (χ3v) is 4.16. The van der Waals surface area contributed by atoms with E-state index in [1.807, 2.05) is 0 Å². The smallest absolute Gasteiger partial charge is 0.287 e. The Hall–Kier alpha value is -2.41. The molecule has 1 aromatic heterocycles. The Labute approximate surface area is 116 Å². The number of aromatic nitrogens is 1. The molecule has 0 saturated carbocycles. The van der Waals surface area contributed by atoms with E-state index in [-0.39, 0.29) is 4.90 Å². The third-order valence-electron chi connectivity index (χ3n) is 2.91. The Balaban J connectivity index is 2.11. The van der Waals surface area contributed by atoms with Crippen LogP contribution in [-0.2, 0) is 10.0 Å². The first-order valence-corrected chi connectivity index (χ1v) is 7.24. The van der Waals surface area contributed by atoms with E-state index in [2.05, 4.69) is 9.38 Å². The van der Waals surface area contributed by atoms with Gasteiger partial charge in [0, 0.05) is 11.9 Å². The molecular formula is C13H11N3O3S. The molecule has 2 aromatic rings. The highest BCUT2D eigenvalue weighted by atomic mass is 32.2. The van der Waals surface area contributed by atoms with Gasteiger partial charge in [-0.3, -0.25) is 4.90 Å². The van der Waals surface area contributed by atoms with E-state index in [1.165, 1.54) is 12.4 Å². The number of hydrogen-bond acceptors (Lipinski definition) is 5. The van der Waals surface area contributed by atoms with Crippen molar-refractivity contribution in [2.24, 2.45) is 4.40 Å². The zero-order valence-electron chi connectivity index (χ0n) is 10.6. The normalized spacial score (nSPS) is 15.8. The van der Waals surface area contributed by atoms with Gasteiger partial charge in [0.2, 0.25) is 0 Å². The summed E-state index contributed by atoms with van der Waals surface area (Å²) in [4.78, 5) is 5.86.